The first-order valence-corrected chi connectivity index (χ1v) is 7.27. The van der Waals surface area contributed by atoms with Crippen molar-refractivity contribution in [1.82, 2.24) is 4.90 Å². The number of nitrogens with two attached hydrogens (primary N) is 1. The number of benzene rings is 1. The quantitative estimate of drug-likeness (QED) is 0.884. The summed E-state index contributed by atoms with van der Waals surface area (Å²) in [5.74, 6) is 0.716. The van der Waals surface area contributed by atoms with E-state index in [1.807, 2.05) is 18.2 Å². The number of carbonyl (C=O) groups is 1. The second-order valence-corrected chi connectivity index (χ2v) is 5.54. The molecule has 1 fully saturated rings. The fourth-order valence-corrected chi connectivity index (χ4v) is 2.72. The lowest BCUT2D eigenvalue weighted by Gasteiger charge is -2.25. The number of likely N-dealkylation sites (tertiary alicyclic amines) is 1. The molecule has 0 aliphatic carbocycles. The number of carbonyl (C=O) groups excluding carboxylic acids is 1. The summed E-state index contributed by atoms with van der Waals surface area (Å²) in [7, 11) is 0. The summed E-state index contributed by atoms with van der Waals surface area (Å²) in [6.07, 6.45) is 3.72. The Bertz CT molecular complexity index is 404. The number of amides is 1. The van der Waals surface area contributed by atoms with E-state index in [0.29, 0.717) is 18.9 Å². The number of hydrogen-bond donors (Lipinski definition) is 1. The minimum Gasteiger partial charge on any atom is -0.336 e. The summed E-state index contributed by atoms with van der Waals surface area (Å²) in [4.78, 5) is 14.4. The lowest BCUT2D eigenvalue weighted by molar-refractivity contribution is -0.132. The summed E-state index contributed by atoms with van der Waals surface area (Å²) in [5, 5.41) is 0. The van der Waals surface area contributed by atoms with Gasteiger partial charge in [-0.3, -0.25) is 4.79 Å². The molecule has 1 aliphatic heterocycles. The van der Waals surface area contributed by atoms with Crippen molar-refractivity contribution in [3.05, 3.63) is 35.9 Å². The van der Waals surface area contributed by atoms with Gasteiger partial charge in [0, 0.05) is 13.0 Å². The summed E-state index contributed by atoms with van der Waals surface area (Å²) in [5.41, 5.74) is 6.87. The van der Waals surface area contributed by atoms with Gasteiger partial charge in [-0.2, -0.15) is 0 Å². The first-order chi connectivity index (χ1) is 9.22. The predicted octanol–water partition coefficient (Wildman–Crippen LogP) is 2.73. The highest BCUT2D eigenvalue weighted by molar-refractivity contribution is 5.77. The molecule has 3 nitrogen and oxygen atoms in total. The van der Waals surface area contributed by atoms with Gasteiger partial charge in [0.15, 0.2) is 0 Å². The Morgan fingerprint density at radius 2 is 2.16 bits per heavy atom. The summed E-state index contributed by atoms with van der Waals surface area (Å²) in [6.45, 7) is 3.66. The second kappa shape index (κ2) is 6.71. The van der Waals surface area contributed by atoms with Crippen LogP contribution in [0.3, 0.4) is 0 Å². The normalized spacial score (nSPS) is 20.5. The minimum absolute atomic E-state index is 0.280. The summed E-state index contributed by atoms with van der Waals surface area (Å²) < 4.78 is 0. The third kappa shape index (κ3) is 3.57. The molecule has 1 heterocycles. The molecule has 1 saturated heterocycles. The van der Waals surface area contributed by atoms with Crippen LogP contribution in [0.2, 0.25) is 0 Å². The Kier molecular flexibility index (Phi) is 4.97. The zero-order chi connectivity index (χ0) is 13.7. The average molecular weight is 260 g/mol. The zero-order valence-corrected chi connectivity index (χ0v) is 11.7. The van der Waals surface area contributed by atoms with E-state index in [1.54, 1.807) is 0 Å². The second-order valence-electron chi connectivity index (χ2n) is 5.54. The van der Waals surface area contributed by atoms with E-state index in [9.17, 15) is 4.79 Å². The molecule has 2 atom stereocenters. The lowest BCUT2D eigenvalue weighted by atomic mass is 10.0. The van der Waals surface area contributed by atoms with Crippen LogP contribution in [-0.2, 0) is 4.79 Å². The molecule has 0 spiro atoms. The van der Waals surface area contributed by atoms with Gasteiger partial charge >= 0.3 is 0 Å². The molecule has 1 amide bonds. The molecular formula is C16H24N2O. The maximum Gasteiger partial charge on any atom is 0.223 e. The van der Waals surface area contributed by atoms with Crippen LogP contribution in [0.5, 0.6) is 0 Å². The van der Waals surface area contributed by atoms with Gasteiger partial charge in [-0.05, 0) is 37.3 Å². The molecule has 2 N–H and O–H groups in total. The van der Waals surface area contributed by atoms with Gasteiger partial charge in [0.25, 0.3) is 0 Å². The first-order valence-electron chi connectivity index (χ1n) is 7.27. The Hall–Kier alpha value is -1.35. The molecule has 104 valence electrons. The molecule has 3 heteroatoms. The van der Waals surface area contributed by atoms with E-state index in [-0.39, 0.29) is 11.9 Å². The predicted molar refractivity (Wildman–Crippen MR) is 77.6 cm³/mol. The summed E-state index contributed by atoms with van der Waals surface area (Å²) >= 11 is 0. The molecule has 1 aromatic carbocycles. The maximum absolute atomic E-state index is 12.3. The van der Waals surface area contributed by atoms with Crippen molar-refractivity contribution in [3.63, 3.8) is 0 Å². The highest BCUT2D eigenvalue weighted by atomic mass is 16.2. The Morgan fingerprint density at radius 1 is 1.42 bits per heavy atom. The monoisotopic (exact) mass is 260 g/mol. The van der Waals surface area contributed by atoms with Crippen LogP contribution in [0.1, 0.15) is 44.2 Å². The average Bonchev–Trinajstić information content (AvgIpc) is 2.94. The maximum atomic E-state index is 12.3. The molecule has 1 aliphatic rings. The van der Waals surface area contributed by atoms with Gasteiger partial charge in [-0.15, -0.1) is 0 Å². The van der Waals surface area contributed by atoms with E-state index in [1.165, 1.54) is 5.56 Å². The Balaban J connectivity index is 1.97. The minimum atomic E-state index is 0.280. The molecule has 0 bridgehead atoms. The van der Waals surface area contributed by atoms with Crippen LogP contribution < -0.4 is 5.73 Å². The largest absolute Gasteiger partial charge is 0.336 e. The van der Waals surface area contributed by atoms with E-state index < -0.39 is 0 Å². The van der Waals surface area contributed by atoms with Crippen LogP contribution >= 0.6 is 0 Å². The van der Waals surface area contributed by atoms with Crippen molar-refractivity contribution >= 4 is 5.91 Å². The van der Waals surface area contributed by atoms with Crippen molar-refractivity contribution in [1.29, 1.82) is 0 Å². The highest BCUT2D eigenvalue weighted by Gasteiger charge is 2.29. The zero-order valence-electron chi connectivity index (χ0n) is 11.7. The number of nitrogens with zero attached hydrogens (tertiary/aromatic N) is 1. The molecule has 1 aromatic rings. The van der Waals surface area contributed by atoms with Gasteiger partial charge < -0.3 is 10.6 Å². The van der Waals surface area contributed by atoms with Crippen molar-refractivity contribution in [3.8, 4) is 0 Å². The van der Waals surface area contributed by atoms with Gasteiger partial charge in [-0.25, -0.2) is 0 Å². The number of rotatable bonds is 5. The standard InChI is InChI=1S/C16H24N2O/c1-13(12-17)9-10-16(19)18-11-5-8-15(18)14-6-3-2-4-7-14/h2-4,6-7,13,15H,5,8-12,17H2,1H3. The molecule has 0 radical (unpaired) electrons. The SMILES string of the molecule is CC(CN)CCC(=O)N1CCCC1c1ccccc1. The number of hydrogen-bond acceptors (Lipinski definition) is 2. The van der Waals surface area contributed by atoms with Gasteiger partial charge in [-0.1, -0.05) is 37.3 Å². The fourth-order valence-electron chi connectivity index (χ4n) is 2.72. The Morgan fingerprint density at radius 3 is 2.84 bits per heavy atom. The third-order valence-corrected chi connectivity index (χ3v) is 4.01. The van der Waals surface area contributed by atoms with Crippen LogP contribution in [-0.4, -0.2) is 23.9 Å². The molecular weight excluding hydrogens is 236 g/mol. The lowest BCUT2D eigenvalue weighted by Crippen LogP contribution is -2.31. The van der Waals surface area contributed by atoms with Gasteiger partial charge in [0.1, 0.15) is 0 Å². The van der Waals surface area contributed by atoms with E-state index in [2.05, 4.69) is 24.0 Å². The van der Waals surface area contributed by atoms with Crippen molar-refractivity contribution < 1.29 is 4.79 Å². The van der Waals surface area contributed by atoms with Crippen LogP contribution in [0.4, 0.5) is 0 Å². The Labute approximate surface area is 115 Å². The van der Waals surface area contributed by atoms with E-state index >= 15 is 0 Å². The van der Waals surface area contributed by atoms with E-state index in [4.69, 9.17) is 5.73 Å². The topological polar surface area (TPSA) is 46.3 Å². The summed E-state index contributed by atoms with van der Waals surface area (Å²) in [6, 6.07) is 10.6. The molecule has 2 unspecified atom stereocenters. The van der Waals surface area contributed by atoms with Gasteiger partial charge in [0.2, 0.25) is 5.91 Å². The fraction of sp³-hybridized carbons (Fsp3) is 0.562. The van der Waals surface area contributed by atoms with Crippen molar-refractivity contribution in [2.24, 2.45) is 11.7 Å². The smallest absolute Gasteiger partial charge is 0.223 e. The van der Waals surface area contributed by atoms with Crippen LogP contribution in [0.25, 0.3) is 0 Å². The van der Waals surface area contributed by atoms with Crippen molar-refractivity contribution in [2.45, 2.75) is 38.6 Å². The molecule has 0 saturated carbocycles. The first kappa shape index (κ1) is 14.1. The van der Waals surface area contributed by atoms with Crippen molar-refractivity contribution in [2.75, 3.05) is 13.1 Å². The molecule has 0 aromatic heterocycles. The molecule has 2 rings (SSSR count). The van der Waals surface area contributed by atoms with Gasteiger partial charge in [0.05, 0.1) is 6.04 Å². The third-order valence-electron chi connectivity index (χ3n) is 4.01. The van der Waals surface area contributed by atoms with Crippen LogP contribution in [0, 0.1) is 5.92 Å². The van der Waals surface area contributed by atoms with Crippen LogP contribution in [0.15, 0.2) is 30.3 Å². The molecule has 19 heavy (non-hydrogen) atoms. The highest BCUT2D eigenvalue weighted by Crippen LogP contribution is 2.32. The van der Waals surface area contributed by atoms with E-state index in [0.717, 1.165) is 25.8 Å².